The highest BCUT2D eigenvalue weighted by Gasteiger charge is 2.37. The fourth-order valence-corrected chi connectivity index (χ4v) is 1.87. The SMILES string of the molecule is CCCC1CC1NC(=O)N(C)CCC(C)O. The molecular weight excluding hydrogens is 204 g/mol. The minimum Gasteiger partial charge on any atom is -0.393 e. The number of aliphatic hydroxyl groups excluding tert-OH is 1. The van der Waals surface area contributed by atoms with Crippen molar-refractivity contribution in [1.82, 2.24) is 10.2 Å². The zero-order valence-corrected chi connectivity index (χ0v) is 10.6. The van der Waals surface area contributed by atoms with Crippen LogP contribution >= 0.6 is 0 Å². The second-order valence-electron chi connectivity index (χ2n) is 4.90. The highest BCUT2D eigenvalue weighted by molar-refractivity contribution is 5.74. The second-order valence-corrected chi connectivity index (χ2v) is 4.90. The normalized spacial score (nSPS) is 25.0. The van der Waals surface area contributed by atoms with Crippen molar-refractivity contribution < 1.29 is 9.90 Å². The summed E-state index contributed by atoms with van der Waals surface area (Å²) in [4.78, 5) is 13.3. The molecule has 2 amide bonds. The number of carbonyl (C=O) groups is 1. The predicted molar refractivity (Wildman–Crippen MR) is 64.3 cm³/mol. The number of nitrogens with zero attached hydrogens (tertiary/aromatic N) is 1. The monoisotopic (exact) mass is 228 g/mol. The van der Waals surface area contributed by atoms with Crippen LogP contribution in [0.4, 0.5) is 4.79 Å². The highest BCUT2D eigenvalue weighted by atomic mass is 16.3. The third kappa shape index (κ3) is 4.39. The van der Waals surface area contributed by atoms with Crippen molar-refractivity contribution in [3.63, 3.8) is 0 Å². The molecule has 0 aromatic rings. The first-order valence-corrected chi connectivity index (χ1v) is 6.24. The largest absolute Gasteiger partial charge is 0.393 e. The molecule has 3 atom stereocenters. The van der Waals surface area contributed by atoms with Crippen LogP contribution in [0.15, 0.2) is 0 Å². The number of carbonyl (C=O) groups excluding carboxylic acids is 1. The number of rotatable bonds is 6. The van der Waals surface area contributed by atoms with Gasteiger partial charge in [-0.15, -0.1) is 0 Å². The molecule has 0 aromatic heterocycles. The maximum absolute atomic E-state index is 11.7. The van der Waals surface area contributed by atoms with Crippen LogP contribution in [0.1, 0.15) is 39.5 Å². The van der Waals surface area contributed by atoms with Crippen LogP contribution in [-0.2, 0) is 0 Å². The molecule has 1 rings (SSSR count). The quantitative estimate of drug-likeness (QED) is 0.725. The van der Waals surface area contributed by atoms with Crippen LogP contribution in [0.2, 0.25) is 0 Å². The molecule has 4 heteroatoms. The van der Waals surface area contributed by atoms with Crippen LogP contribution in [0, 0.1) is 5.92 Å². The van der Waals surface area contributed by atoms with E-state index in [2.05, 4.69) is 12.2 Å². The van der Waals surface area contributed by atoms with Gasteiger partial charge in [-0.2, -0.15) is 0 Å². The summed E-state index contributed by atoms with van der Waals surface area (Å²) in [5.74, 6) is 0.694. The van der Waals surface area contributed by atoms with Gasteiger partial charge in [-0.05, 0) is 32.1 Å². The zero-order chi connectivity index (χ0) is 12.1. The average molecular weight is 228 g/mol. The molecule has 1 fully saturated rings. The van der Waals surface area contributed by atoms with Crippen LogP contribution in [-0.4, -0.2) is 41.8 Å². The number of aliphatic hydroxyl groups is 1. The van der Waals surface area contributed by atoms with E-state index in [1.54, 1.807) is 18.9 Å². The van der Waals surface area contributed by atoms with Gasteiger partial charge < -0.3 is 15.3 Å². The van der Waals surface area contributed by atoms with Crippen LogP contribution in [0.25, 0.3) is 0 Å². The van der Waals surface area contributed by atoms with E-state index in [4.69, 9.17) is 5.11 Å². The first kappa shape index (κ1) is 13.3. The molecule has 1 aliphatic carbocycles. The summed E-state index contributed by atoms with van der Waals surface area (Å²) >= 11 is 0. The van der Waals surface area contributed by atoms with E-state index in [1.807, 2.05) is 0 Å². The Bertz CT molecular complexity index is 231. The molecule has 0 aromatic carbocycles. The van der Waals surface area contributed by atoms with E-state index in [0.717, 1.165) is 6.42 Å². The molecule has 2 N–H and O–H groups in total. The molecule has 4 nitrogen and oxygen atoms in total. The molecule has 0 radical (unpaired) electrons. The predicted octanol–water partition coefficient (Wildman–Crippen LogP) is 1.59. The Morgan fingerprint density at radius 1 is 1.62 bits per heavy atom. The average Bonchev–Trinajstić information content (AvgIpc) is 2.93. The molecular formula is C12H24N2O2. The van der Waals surface area contributed by atoms with Gasteiger partial charge in [0.15, 0.2) is 0 Å². The number of urea groups is 1. The summed E-state index contributed by atoms with van der Waals surface area (Å²) < 4.78 is 0. The molecule has 0 aliphatic heterocycles. The molecule has 0 bridgehead atoms. The summed E-state index contributed by atoms with van der Waals surface area (Å²) in [5, 5.41) is 12.1. The van der Waals surface area contributed by atoms with Gasteiger partial charge in [-0.1, -0.05) is 13.3 Å². The summed E-state index contributed by atoms with van der Waals surface area (Å²) in [6, 6.07) is 0.380. The lowest BCUT2D eigenvalue weighted by Gasteiger charge is -2.18. The van der Waals surface area contributed by atoms with Gasteiger partial charge in [0.1, 0.15) is 0 Å². The molecule has 1 aliphatic rings. The van der Waals surface area contributed by atoms with E-state index in [1.165, 1.54) is 12.8 Å². The van der Waals surface area contributed by atoms with Crippen molar-refractivity contribution >= 4 is 6.03 Å². The summed E-state index contributed by atoms with van der Waals surface area (Å²) in [5.41, 5.74) is 0. The van der Waals surface area contributed by atoms with E-state index in [0.29, 0.717) is 24.9 Å². The van der Waals surface area contributed by atoms with Gasteiger partial charge in [0.05, 0.1) is 6.10 Å². The molecule has 0 spiro atoms. The van der Waals surface area contributed by atoms with E-state index < -0.39 is 0 Å². The second kappa shape index (κ2) is 6.09. The van der Waals surface area contributed by atoms with E-state index in [9.17, 15) is 4.79 Å². The molecule has 0 saturated heterocycles. The topological polar surface area (TPSA) is 52.6 Å². The molecule has 3 unspecified atom stereocenters. The van der Waals surface area contributed by atoms with Gasteiger partial charge in [0.2, 0.25) is 0 Å². The Morgan fingerprint density at radius 3 is 2.88 bits per heavy atom. The molecule has 0 heterocycles. The summed E-state index contributed by atoms with van der Waals surface area (Å²) in [7, 11) is 1.77. The Kier molecular flexibility index (Phi) is 5.06. The van der Waals surface area contributed by atoms with Crippen molar-refractivity contribution in [2.45, 2.75) is 51.7 Å². The summed E-state index contributed by atoms with van der Waals surface area (Å²) in [6.45, 7) is 4.52. The van der Waals surface area contributed by atoms with Gasteiger partial charge in [0.25, 0.3) is 0 Å². The van der Waals surface area contributed by atoms with Gasteiger partial charge in [-0.3, -0.25) is 0 Å². The number of hydrogen-bond donors (Lipinski definition) is 2. The number of nitrogens with one attached hydrogen (secondary N) is 1. The van der Waals surface area contributed by atoms with Gasteiger partial charge in [-0.25, -0.2) is 4.79 Å². The maximum Gasteiger partial charge on any atom is 0.317 e. The Hall–Kier alpha value is -0.770. The maximum atomic E-state index is 11.7. The van der Waals surface area contributed by atoms with Crippen molar-refractivity contribution in [3.8, 4) is 0 Å². The van der Waals surface area contributed by atoms with E-state index in [-0.39, 0.29) is 12.1 Å². The Labute approximate surface area is 98.0 Å². The first-order valence-electron chi connectivity index (χ1n) is 6.24. The minimum atomic E-state index is -0.344. The Balaban J connectivity index is 2.15. The van der Waals surface area contributed by atoms with Crippen molar-refractivity contribution in [2.75, 3.05) is 13.6 Å². The third-order valence-corrected chi connectivity index (χ3v) is 3.12. The fraction of sp³-hybridized carbons (Fsp3) is 0.917. The van der Waals surface area contributed by atoms with Crippen molar-refractivity contribution in [1.29, 1.82) is 0 Å². The van der Waals surface area contributed by atoms with E-state index >= 15 is 0 Å². The lowest BCUT2D eigenvalue weighted by atomic mass is 10.2. The van der Waals surface area contributed by atoms with Crippen LogP contribution < -0.4 is 5.32 Å². The fourth-order valence-electron chi connectivity index (χ4n) is 1.87. The zero-order valence-electron chi connectivity index (χ0n) is 10.6. The van der Waals surface area contributed by atoms with Crippen LogP contribution in [0.3, 0.4) is 0 Å². The summed E-state index contributed by atoms with van der Waals surface area (Å²) in [6.07, 6.45) is 3.82. The van der Waals surface area contributed by atoms with Gasteiger partial charge in [0, 0.05) is 19.6 Å². The number of amides is 2. The smallest absolute Gasteiger partial charge is 0.317 e. The first-order chi connectivity index (χ1) is 7.54. The Morgan fingerprint density at radius 2 is 2.31 bits per heavy atom. The standard InChI is InChI=1S/C12H24N2O2/c1-4-5-10-8-11(10)13-12(16)14(3)7-6-9(2)15/h9-11,15H,4-8H2,1-3H3,(H,13,16). The lowest BCUT2D eigenvalue weighted by Crippen LogP contribution is -2.40. The molecule has 16 heavy (non-hydrogen) atoms. The van der Waals surface area contributed by atoms with Crippen molar-refractivity contribution in [2.24, 2.45) is 5.92 Å². The highest BCUT2D eigenvalue weighted by Crippen LogP contribution is 2.34. The van der Waals surface area contributed by atoms with Crippen molar-refractivity contribution in [3.05, 3.63) is 0 Å². The molecule has 1 saturated carbocycles. The third-order valence-electron chi connectivity index (χ3n) is 3.12. The minimum absolute atomic E-state index is 0.00995. The number of hydrogen-bond acceptors (Lipinski definition) is 2. The van der Waals surface area contributed by atoms with Gasteiger partial charge >= 0.3 is 6.03 Å². The lowest BCUT2D eigenvalue weighted by molar-refractivity contribution is 0.163. The molecule has 94 valence electrons. The van der Waals surface area contributed by atoms with Crippen LogP contribution in [0.5, 0.6) is 0 Å².